The Morgan fingerprint density at radius 1 is 1.09 bits per heavy atom. The van der Waals surface area contributed by atoms with Gasteiger partial charge in [0.25, 0.3) is 5.91 Å². The highest BCUT2D eigenvalue weighted by molar-refractivity contribution is 5.96. The summed E-state index contributed by atoms with van der Waals surface area (Å²) in [6.45, 7) is 1.76. The number of nitrogens with zero attached hydrogens (tertiary/aromatic N) is 1. The summed E-state index contributed by atoms with van der Waals surface area (Å²) in [4.78, 5) is 23.2. The maximum Gasteiger partial charge on any atom is 0.271 e. The molecule has 0 aromatic heterocycles. The molecule has 0 aliphatic rings. The van der Waals surface area contributed by atoms with E-state index >= 15 is 0 Å². The van der Waals surface area contributed by atoms with Gasteiger partial charge in [-0.25, -0.2) is 9.82 Å². The zero-order valence-corrected chi connectivity index (χ0v) is 12.5. The molecule has 23 heavy (non-hydrogen) atoms. The van der Waals surface area contributed by atoms with E-state index in [4.69, 9.17) is 0 Å². The molecule has 118 valence electrons. The monoisotopic (exact) mass is 313 g/mol. The van der Waals surface area contributed by atoms with E-state index in [1.807, 2.05) is 0 Å². The molecule has 2 amide bonds. The minimum atomic E-state index is -0.378. The second kappa shape index (κ2) is 7.84. The van der Waals surface area contributed by atoms with E-state index in [9.17, 15) is 14.0 Å². The second-order valence-corrected chi connectivity index (χ2v) is 4.73. The SMILES string of the molecule is CCC(=O)Nc1ccc(C(=O)N/N=C\c2ccc(F)cc2)cc1. The van der Waals surface area contributed by atoms with Crippen molar-refractivity contribution in [1.82, 2.24) is 5.43 Å². The van der Waals surface area contributed by atoms with E-state index < -0.39 is 0 Å². The van der Waals surface area contributed by atoms with Crippen molar-refractivity contribution in [2.45, 2.75) is 13.3 Å². The average molecular weight is 313 g/mol. The van der Waals surface area contributed by atoms with Crippen molar-refractivity contribution in [2.24, 2.45) is 5.10 Å². The third-order valence-corrected chi connectivity index (χ3v) is 3.00. The first kappa shape index (κ1) is 16.4. The zero-order valence-electron chi connectivity index (χ0n) is 12.5. The van der Waals surface area contributed by atoms with Gasteiger partial charge in [0, 0.05) is 17.7 Å². The Morgan fingerprint density at radius 3 is 2.35 bits per heavy atom. The molecule has 0 atom stereocenters. The Hall–Kier alpha value is -3.02. The van der Waals surface area contributed by atoms with Crippen LogP contribution in [0.15, 0.2) is 53.6 Å². The fourth-order valence-corrected chi connectivity index (χ4v) is 1.73. The average Bonchev–Trinajstić information content (AvgIpc) is 2.57. The van der Waals surface area contributed by atoms with E-state index in [1.54, 1.807) is 43.3 Å². The third-order valence-electron chi connectivity index (χ3n) is 3.00. The van der Waals surface area contributed by atoms with Gasteiger partial charge in [-0.1, -0.05) is 19.1 Å². The van der Waals surface area contributed by atoms with Crippen molar-refractivity contribution in [1.29, 1.82) is 0 Å². The van der Waals surface area contributed by atoms with Crippen LogP contribution >= 0.6 is 0 Å². The van der Waals surface area contributed by atoms with Crippen LogP contribution in [0.5, 0.6) is 0 Å². The Labute approximate surface area is 133 Å². The van der Waals surface area contributed by atoms with Crippen molar-refractivity contribution < 1.29 is 14.0 Å². The van der Waals surface area contributed by atoms with Crippen molar-refractivity contribution in [3.8, 4) is 0 Å². The molecular weight excluding hydrogens is 297 g/mol. The van der Waals surface area contributed by atoms with Gasteiger partial charge in [-0.2, -0.15) is 5.10 Å². The van der Waals surface area contributed by atoms with Crippen molar-refractivity contribution >= 4 is 23.7 Å². The molecule has 0 radical (unpaired) electrons. The molecular formula is C17H16FN3O2. The molecule has 2 N–H and O–H groups in total. The molecule has 0 heterocycles. The van der Waals surface area contributed by atoms with Gasteiger partial charge in [0.2, 0.25) is 5.91 Å². The van der Waals surface area contributed by atoms with Crippen LogP contribution in [0.25, 0.3) is 0 Å². The number of anilines is 1. The first-order valence-electron chi connectivity index (χ1n) is 7.07. The molecule has 2 aromatic carbocycles. The highest BCUT2D eigenvalue weighted by Crippen LogP contribution is 2.10. The molecule has 0 unspecified atom stereocenters. The smallest absolute Gasteiger partial charge is 0.271 e. The molecule has 5 nitrogen and oxygen atoms in total. The fraction of sp³-hybridized carbons (Fsp3) is 0.118. The minimum Gasteiger partial charge on any atom is -0.326 e. The molecule has 0 spiro atoms. The molecule has 0 aliphatic carbocycles. The van der Waals surface area contributed by atoms with Gasteiger partial charge in [0.05, 0.1) is 6.21 Å². The van der Waals surface area contributed by atoms with Gasteiger partial charge in [0.15, 0.2) is 0 Å². The molecule has 6 heteroatoms. The lowest BCUT2D eigenvalue weighted by atomic mass is 10.2. The number of rotatable bonds is 5. The quantitative estimate of drug-likeness (QED) is 0.658. The molecule has 0 fully saturated rings. The van der Waals surface area contributed by atoms with Crippen LogP contribution in [0, 0.1) is 5.82 Å². The van der Waals surface area contributed by atoms with Gasteiger partial charge >= 0.3 is 0 Å². The van der Waals surface area contributed by atoms with E-state index in [2.05, 4.69) is 15.8 Å². The second-order valence-electron chi connectivity index (χ2n) is 4.73. The number of amides is 2. The summed E-state index contributed by atoms with van der Waals surface area (Å²) in [6, 6.07) is 12.2. The lowest BCUT2D eigenvalue weighted by Gasteiger charge is -2.04. The van der Waals surface area contributed by atoms with Gasteiger partial charge in [-0.05, 0) is 42.0 Å². The largest absolute Gasteiger partial charge is 0.326 e. The predicted molar refractivity (Wildman–Crippen MR) is 86.8 cm³/mol. The molecule has 0 bridgehead atoms. The zero-order chi connectivity index (χ0) is 16.7. The first-order valence-corrected chi connectivity index (χ1v) is 7.07. The lowest BCUT2D eigenvalue weighted by molar-refractivity contribution is -0.115. The van der Waals surface area contributed by atoms with E-state index in [0.717, 1.165) is 0 Å². The van der Waals surface area contributed by atoms with Crippen LogP contribution < -0.4 is 10.7 Å². The Morgan fingerprint density at radius 2 is 1.74 bits per heavy atom. The predicted octanol–water partition coefficient (Wildman–Crippen LogP) is 2.94. The highest BCUT2D eigenvalue weighted by Gasteiger charge is 2.05. The fourth-order valence-electron chi connectivity index (χ4n) is 1.73. The number of hydrogen-bond acceptors (Lipinski definition) is 3. The summed E-state index contributed by atoms with van der Waals surface area (Å²) in [5.74, 6) is -0.802. The number of hydrogen-bond donors (Lipinski definition) is 2. The van der Waals surface area contributed by atoms with Crippen LogP contribution in [0.1, 0.15) is 29.3 Å². The van der Waals surface area contributed by atoms with E-state index in [0.29, 0.717) is 23.2 Å². The maximum absolute atomic E-state index is 12.8. The Bertz CT molecular complexity index is 710. The number of carbonyl (C=O) groups excluding carboxylic acids is 2. The third kappa shape index (κ3) is 5.03. The Kier molecular flexibility index (Phi) is 5.57. The maximum atomic E-state index is 12.8. The van der Waals surface area contributed by atoms with Crippen LogP contribution in [0.3, 0.4) is 0 Å². The molecule has 0 saturated carbocycles. The summed E-state index contributed by atoms with van der Waals surface area (Å²) in [6.07, 6.45) is 1.81. The van der Waals surface area contributed by atoms with Gasteiger partial charge in [0.1, 0.15) is 5.82 Å². The normalized spacial score (nSPS) is 10.5. The summed E-state index contributed by atoms with van der Waals surface area (Å²) < 4.78 is 12.8. The molecule has 0 aliphatic heterocycles. The standard InChI is InChI=1S/C17H16FN3O2/c1-2-16(22)20-15-9-5-13(6-10-15)17(23)21-19-11-12-3-7-14(18)8-4-12/h3-11H,2H2,1H3,(H,20,22)(H,21,23)/b19-11-. The first-order chi connectivity index (χ1) is 11.1. The van der Waals surface area contributed by atoms with Gasteiger partial charge < -0.3 is 5.32 Å². The van der Waals surface area contributed by atoms with Gasteiger partial charge in [-0.15, -0.1) is 0 Å². The molecule has 0 saturated heterocycles. The van der Waals surface area contributed by atoms with E-state index in [1.165, 1.54) is 18.3 Å². The van der Waals surface area contributed by atoms with Crippen LogP contribution in [-0.2, 0) is 4.79 Å². The van der Waals surface area contributed by atoms with Crippen LogP contribution in [0.4, 0.5) is 10.1 Å². The van der Waals surface area contributed by atoms with Gasteiger partial charge in [-0.3, -0.25) is 9.59 Å². The Balaban J connectivity index is 1.92. The van der Waals surface area contributed by atoms with Crippen molar-refractivity contribution in [3.05, 3.63) is 65.5 Å². The summed E-state index contributed by atoms with van der Waals surface area (Å²) >= 11 is 0. The molecule has 2 rings (SSSR count). The highest BCUT2D eigenvalue weighted by atomic mass is 19.1. The number of halogens is 1. The number of carbonyl (C=O) groups is 2. The van der Waals surface area contributed by atoms with Crippen molar-refractivity contribution in [3.63, 3.8) is 0 Å². The summed E-state index contributed by atoms with van der Waals surface area (Å²) in [7, 11) is 0. The minimum absolute atomic E-state index is 0.0916. The topological polar surface area (TPSA) is 70.6 Å². The number of nitrogens with one attached hydrogen (secondary N) is 2. The molecule has 2 aromatic rings. The van der Waals surface area contributed by atoms with Crippen LogP contribution in [0.2, 0.25) is 0 Å². The summed E-state index contributed by atoms with van der Waals surface area (Å²) in [5, 5.41) is 6.51. The van der Waals surface area contributed by atoms with E-state index in [-0.39, 0.29) is 17.6 Å². The lowest BCUT2D eigenvalue weighted by Crippen LogP contribution is -2.17. The number of benzene rings is 2. The number of hydrazone groups is 1. The summed E-state index contributed by atoms with van der Waals surface area (Å²) in [5.41, 5.74) is 4.09. The van der Waals surface area contributed by atoms with Crippen molar-refractivity contribution in [2.75, 3.05) is 5.32 Å². The van der Waals surface area contributed by atoms with Crippen LogP contribution in [-0.4, -0.2) is 18.0 Å².